The van der Waals surface area contributed by atoms with Gasteiger partial charge in [-0.25, -0.2) is 8.42 Å². The Balaban J connectivity index is 1.56. The molecule has 7 nitrogen and oxygen atoms in total. The van der Waals surface area contributed by atoms with Crippen LogP contribution in [0.5, 0.6) is 0 Å². The number of carbonyl (C=O) groups excluding carboxylic acids is 2. The molecule has 8 heteroatoms. The third-order valence-electron chi connectivity index (χ3n) is 8.65. The molecule has 46 heavy (non-hydrogen) atoms. The molecular formula is C38H43N3O4S. The first-order valence-electron chi connectivity index (χ1n) is 16.0. The molecule has 0 unspecified atom stereocenters. The number of carbonyl (C=O) groups is 2. The number of nitrogens with zero attached hydrogens (tertiary/aromatic N) is 2. The van der Waals surface area contributed by atoms with Crippen molar-refractivity contribution in [3.8, 4) is 0 Å². The van der Waals surface area contributed by atoms with E-state index in [9.17, 15) is 18.0 Å². The second-order valence-electron chi connectivity index (χ2n) is 12.2. The zero-order valence-corrected chi connectivity index (χ0v) is 27.5. The summed E-state index contributed by atoms with van der Waals surface area (Å²) < 4.78 is 29.6. The molecule has 0 bridgehead atoms. The van der Waals surface area contributed by atoms with Gasteiger partial charge in [0, 0.05) is 19.0 Å². The van der Waals surface area contributed by atoms with E-state index in [0.717, 1.165) is 54.4 Å². The van der Waals surface area contributed by atoms with Crippen LogP contribution in [-0.2, 0) is 32.6 Å². The van der Waals surface area contributed by atoms with Gasteiger partial charge >= 0.3 is 0 Å². The average molecular weight is 638 g/mol. The van der Waals surface area contributed by atoms with Crippen LogP contribution in [-0.4, -0.2) is 43.8 Å². The van der Waals surface area contributed by atoms with E-state index in [-0.39, 0.29) is 23.4 Å². The van der Waals surface area contributed by atoms with Gasteiger partial charge in [-0.1, -0.05) is 116 Å². The summed E-state index contributed by atoms with van der Waals surface area (Å²) in [7, 11) is -4.13. The molecule has 4 aromatic rings. The van der Waals surface area contributed by atoms with Gasteiger partial charge in [-0.05, 0) is 61.6 Å². The summed E-state index contributed by atoms with van der Waals surface area (Å²) in [6.07, 6.45) is 5.39. The molecular weight excluding hydrogens is 595 g/mol. The molecule has 240 valence electrons. The molecule has 2 amide bonds. The van der Waals surface area contributed by atoms with E-state index in [4.69, 9.17) is 0 Å². The second kappa shape index (κ2) is 15.2. The lowest BCUT2D eigenvalue weighted by atomic mass is 9.94. The number of aryl methyl sites for hydroxylation is 2. The molecule has 1 aliphatic rings. The van der Waals surface area contributed by atoms with Crippen molar-refractivity contribution in [3.63, 3.8) is 0 Å². The zero-order chi connectivity index (χ0) is 32.5. The van der Waals surface area contributed by atoms with Gasteiger partial charge in [0.2, 0.25) is 11.8 Å². The lowest BCUT2D eigenvalue weighted by molar-refractivity contribution is -0.140. The molecule has 0 heterocycles. The van der Waals surface area contributed by atoms with Crippen molar-refractivity contribution in [2.75, 3.05) is 10.8 Å². The van der Waals surface area contributed by atoms with Crippen molar-refractivity contribution in [1.29, 1.82) is 0 Å². The Bertz CT molecular complexity index is 1710. The minimum Gasteiger partial charge on any atom is -0.352 e. The van der Waals surface area contributed by atoms with Crippen LogP contribution in [0.15, 0.2) is 114 Å². The highest BCUT2D eigenvalue weighted by Crippen LogP contribution is 2.29. The Labute approximate surface area is 273 Å². The van der Waals surface area contributed by atoms with Crippen molar-refractivity contribution in [2.45, 2.75) is 75.9 Å². The summed E-state index contributed by atoms with van der Waals surface area (Å²) in [6.45, 7) is 3.48. The van der Waals surface area contributed by atoms with Crippen molar-refractivity contribution >= 4 is 27.5 Å². The van der Waals surface area contributed by atoms with E-state index < -0.39 is 28.5 Å². The molecule has 1 atom stereocenters. The van der Waals surface area contributed by atoms with Crippen molar-refractivity contribution in [3.05, 3.63) is 131 Å². The van der Waals surface area contributed by atoms with E-state index in [1.165, 1.54) is 16.4 Å². The number of sulfonamides is 1. The normalized spacial score (nSPS) is 14.3. The molecule has 1 fully saturated rings. The first kappa shape index (κ1) is 32.9. The highest BCUT2D eigenvalue weighted by Gasteiger charge is 2.35. The van der Waals surface area contributed by atoms with Crippen LogP contribution in [0.2, 0.25) is 0 Å². The Morgan fingerprint density at radius 3 is 1.98 bits per heavy atom. The summed E-state index contributed by atoms with van der Waals surface area (Å²) >= 11 is 0. The van der Waals surface area contributed by atoms with Crippen LogP contribution in [0.25, 0.3) is 0 Å². The summed E-state index contributed by atoms with van der Waals surface area (Å²) in [5.74, 6) is -0.674. The molecule has 5 rings (SSSR count). The summed E-state index contributed by atoms with van der Waals surface area (Å²) in [5, 5.41) is 3.25. The summed E-state index contributed by atoms with van der Waals surface area (Å²) in [6, 6.07) is 32.1. The monoisotopic (exact) mass is 637 g/mol. The third kappa shape index (κ3) is 8.23. The first-order valence-corrected chi connectivity index (χ1v) is 17.5. The van der Waals surface area contributed by atoms with Gasteiger partial charge < -0.3 is 10.2 Å². The van der Waals surface area contributed by atoms with Crippen LogP contribution in [0, 0.1) is 13.8 Å². The summed E-state index contributed by atoms with van der Waals surface area (Å²) in [5.41, 5.74) is 3.91. The zero-order valence-electron chi connectivity index (χ0n) is 26.6. The largest absolute Gasteiger partial charge is 0.352 e. The molecule has 0 aliphatic heterocycles. The van der Waals surface area contributed by atoms with Crippen molar-refractivity contribution in [1.82, 2.24) is 10.2 Å². The van der Waals surface area contributed by atoms with E-state index in [1.54, 1.807) is 29.2 Å². The molecule has 0 spiro atoms. The van der Waals surface area contributed by atoms with Gasteiger partial charge in [0.05, 0.1) is 10.6 Å². The number of anilines is 1. The highest BCUT2D eigenvalue weighted by atomic mass is 32.2. The van der Waals surface area contributed by atoms with Gasteiger partial charge in [0.15, 0.2) is 0 Å². The van der Waals surface area contributed by atoms with E-state index >= 15 is 0 Å². The minimum absolute atomic E-state index is 0.0540. The van der Waals surface area contributed by atoms with Crippen LogP contribution in [0.4, 0.5) is 5.69 Å². The van der Waals surface area contributed by atoms with Crippen molar-refractivity contribution in [2.24, 2.45) is 0 Å². The Kier molecular flexibility index (Phi) is 10.9. The second-order valence-corrected chi connectivity index (χ2v) is 14.0. The van der Waals surface area contributed by atoms with Crippen LogP contribution >= 0.6 is 0 Å². The maximum atomic E-state index is 14.7. The smallest absolute Gasteiger partial charge is 0.264 e. The van der Waals surface area contributed by atoms with Crippen LogP contribution in [0.3, 0.4) is 0 Å². The van der Waals surface area contributed by atoms with E-state index in [2.05, 4.69) is 5.32 Å². The van der Waals surface area contributed by atoms with E-state index in [1.807, 2.05) is 86.6 Å². The quantitative estimate of drug-likeness (QED) is 0.190. The summed E-state index contributed by atoms with van der Waals surface area (Å²) in [4.78, 5) is 30.5. The fourth-order valence-corrected chi connectivity index (χ4v) is 7.70. The molecule has 1 saturated carbocycles. The third-order valence-corrected chi connectivity index (χ3v) is 10.4. The first-order chi connectivity index (χ1) is 22.2. The van der Waals surface area contributed by atoms with Gasteiger partial charge in [-0.15, -0.1) is 0 Å². The topological polar surface area (TPSA) is 86.8 Å². The molecule has 0 saturated heterocycles. The lowest BCUT2D eigenvalue weighted by Gasteiger charge is -2.35. The standard InChI is InChI=1S/C38H43N3O4S/c1-29-23-24-35(30(2)25-29)41(46(44,45)34-21-13-6-14-22-34)28-37(42)40(27-32-17-9-4-10-18-32)36(26-31-15-7-3-8-16-31)38(43)39-33-19-11-5-12-20-33/h3-4,6-10,13-18,21-25,33,36H,5,11-12,19-20,26-28H2,1-2H3,(H,39,43)/t36-/m0/s1. The SMILES string of the molecule is Cc1ccc(N(CC(=O)N(Cc2ccccc2)[C@@H](Cc2ccccc2)C(=O)NC2CCCCC2)S(=O)(=O)c2ccccc2)c(C)c1. The number of hydrogen-bond donors (Lipinski definition) is 1. The number of benzene rings is 4. The highest BCUT2D eigenvalue weighted by molar-refractivity contribution is 7.92. The Morgan fingerprint density at radius 2 is 1.37 bits per heavy atom. The maximum Gasteiger partial charge on any atom is 0.264 e. The molecule has 0 radical (unpaired) electrons. The predicted octanol–water partition coefficient (Wildman–Crippen LogP) is 6.59. The fourth-order valence-electron chi connectivity index (χ4n) is 6.20. The fraction of sp³-hybridized carbons (Fsp3) is 0.316. The van der Waals surface area contributed by atoms with Gasteiger partial charge in [-0.3, -0.25) is 13.9 Å². The van der Waals surface area contributed by atoms with Gasteiger partial charge in [-0.2, -0.15) is 0 Å². The molecule has 0 aromatic heterocycles. The minimum atomic E-state index is -4.13. The Hall–Kier alpha value is -4.43. The number of nitrogens with one attached hydrogen (secondary N) is 1. The number of hydrogen-bond acceptors (Lipinski definition) is 4. The molecule has 4 aromatic carbocycles. The van der Waals surface area contributed by atoms with Crippen LogP contribution in [0.1, 0.15) is 54.4 Å². The number of amides is 2. The Morgan fingerprint density at radius 1 is 0.783 bits per heavy atom. The maximum absolute atomic E-state index is 14.7. The molecule has 1 N–H and O–H groups in total. The van der Waals surface area contributed by atoms with Gasteiger partial charge in [0.25, 0.3) is 10.0 Å². The number of rotatable bonds is 12. The predicted molar refractivity (Wildman–Crippen MR) is 183 cm³/mol. The lowest BCUT2D eigenvalue weighted by Crippen LogP contribution is -2.55. The molecule has 1 aliphatic carbocycles. The van der Waals surface area contributed by atoms with Gasteiger partial charge in [0.1, 0.15) is 12.6 Å². The van der Waals surface area contributed by atoms with Crippen molar-refractivity contribution < 1.29 is 18.0 Å². The van der Waals surface area contributed by atoms with Crippen LogP contribution < -0.4 is 9.62 Å². The average Bonchev–Trinajstić information content (AvgIpc) is 3.07. The van der Waals surface area contributed by atoms with E-state index in [0.29, 0.717) is 12.1 Å².